The van der Waals surface area contributed by atoms with E-state index in [1.165, 1.54) is 11.3 Å². The Labute approximate surface area is 159 Å². The molecule has 2 atom stereocenters. The minimum Gasteiger partial charge on any atom is -0.390 e. The first-order valence-corrected chi connectivity index (χ1v) is 9.59. The zero-order chi connectivity index (χ0) is 18.4. The van der Waals surface area contributed by atoms with Crippen molar-refractivity contribution in [2.24, 2.45) is 0 Å². The fraction of sp³-hybridized carbons (Fsp3) is 0.471. The highest BCUT2D eigenvalue weighted by atomic mass is 35.5. The number of thiazole rings is 1. The monoisotopic (exact) mass is 394 g/mol. The number of morpholine rings is 1. The van der Waals surface area contributed by atoms with Gasteiger partial charge in [-0.05, 0) is 20.8 Å². The third-order valence-electron chi connectivity index (χ3n) is 4.34. The highest BCUT2D eigenvalue weighted by Crippen LogP contribution is 2.40. The quantitative estimate of drug-likeness (QED) is 0.728. The molecule has 0 amide bonds. The van der Waals surface area contributed by atoms with Crippen molar-refractivity contribution < 1.29 is 14.4 Å². The van der Waals surface area contributed by atoms with Gasteiger partial charge < -0.3 is 19.3 Å². The van der Waals surface area contributed by atoms with Crippen LogP contribution in [0.3, 0.4) is 0 Å². The molecule has 0 aliphatic carbocycles. The molecule has 1 aliphatic heterocycles. The molecular weight excluding hydrogens is 376 g/mol. The second-order valence-corrected chi connectivity index (χ2v) is 8.11. The fourth-order valence-corrected chi connectivity index (χ4v) is 4.49. The summed E-state index contributed by atoms with van der Waals surface area (Å²) >= 11 is 8.19. The van der Waals surface area contributed by atoms with Gasteiger partial charge >= 0.3 is 0 Å². The number of fused-ring (bicyclic) bond motifs is 1. The van der Waals surface area contributed by atoms with Gasteiger partial charge in [-0.25, -0.2) is 9.97 Å². The number of aliphatic hydroxyl groups excluding tert-OH is 1. The fourth-order valence-electron chi connectivity index (χ4n) is 3.38. The van der Waals surface area contributed by atoms with Gasteiger partial charge in [0.05, 0.1) is 40.1 Å². The van der Waals surface area contributed by atoms with E-state index < -0.39 is 0 Å². The molecule has 0 aromatic carbocycles. The zero-order valence-electron chi connectivity index (χ0n) is 14.7. The van der Waals surface area contributed by atoms with Gasteiger partial charge in [-0.1, -0.05) is 16.8 Å². The van der Waals surface area contributed by atoms with E-state index in [9.17, 15) is 5.11 Å². The molecule has 4 heterocycles. The Balaban J connectivity index is 1.86. The Kier molecular flexibility index (Phi) is 4.60. The second-order valence-electron chi connectivity index (χ2n) is 6.49. The van der Waals surface area contributed by atoms with Gasteiger partial charge in [0.2, 0.25) is 5.58 Å². The third-order valence-corrected chi connectivity index (χ3v) is 5.61. The Bertz CT molecular complexity index is 947. The number of aryl methyl sites for hydroxylation is 1. The summed E-state index contributed by atoms with van der Waals surface area (Å²) in [5.41, 5.74) is 2.76. The van der Waals surface area contributed by atoms with Crippen LogP contribution < -0.4 is 4.90 Å². The van der Waals surface area contributed by atoms with Crippen molar-refractivity contribution in [2.45, 2.75) is 39.6 Å². The maximum atomic E-state index is 9.93. The molecule has 0 radical (unpaired) electrons. The van der Waals surface area contributed by atoms with Gasteiger partial charge in [-0.2, -0.15) is 0 Å². The first kappa shape index (κ1) is 17.7. The van der Waals surface area contributed by atoms with Crippen molar-refractivity contribution >= 4 is 39.7 Å². The standard InChI is InChI=1S/C17H19ClN4O3S/c1-8-5-22(6-9(2)24-8)16-11(7-23)20-15-14(12-4-19-10(3)26-12)21-25-17(15)13(16)18/h4,8-9,23H,5-7H2,1-3H3. The van der Waals surface area contributed by atoms with Crippen LogP contribution in [0.4, 0.5) is 5.69 Å². The number of nitrogens with zero attached hydrogens (tertiary/aromatic N) is 4. The van der Waals surface area contributed by atoms with Crippen molar-refractivity contribution in [2.75, 3.05) is 18.0 Å². The minimum absolute atomic E-state index is 0.0579. The lowest BCUT2D eigenvalue weighted by atomic mass is 10.1. The van der Waals surface area contributed by atoms with Crippen LogP contribution in [0.2, 0.25) is 5.02 Å². The molecule has 0 bridgehead atoms. The summed E-state index contributed by atoms with van der Waals surface area (Å²) in [5.74, 6) is 0. The summed E-state index contributed by atoms with van der Waals surface area (Å²) in [6, 6.07) is 0. The number of ether oxygens (including phenoxy) is 1. The number of aliphatic hydroxyl groups is 1. The van der Waals surface area contributed by atoms with Crippen LogP contribution in [-0.4, -0.2) is 45.5 Å². The molecule has 3 aromatic heterocycles. The molecule has 2 unspecified atom stereocenters. The van der Waals surface area contributed by atoms with Gasteiger partial charge in [0, 0.05) is 19.3 Å². The SMILES string of the molecule is Cc1ncc(-c2noc3c(Cl)c(N4CC(C)OC(C)C4)c(CO)nc23)s1. The third kappa shape index (κ3) is 2.96. The number of halogens is 1. The summed E-state index contributed by atoms with van der Waals surface area (Å²) in [4.78, 5) is 11.8. The van der Waals surface area contributed by atoms with E-state index in [0.29, 0.717) is 46.3 Å². The molecule has 26 heavy (non-hydrogen) atoms. The number of aromatic nitrogens is 3. The Hall–Kier alpha value is -1.74. The number of hydrogen-bond donors (Lipinski definition) is 1. The Morgan fingerprint density at radius 3 is 2.69 bits per heavy atom. The van der Waals surface area contributed by atoms with E-state index in [0.717, 1.165) is 9.88 Å². The van der Waals surface area contributed by atoms with E-state index in [4.69, 9.17) is 20.9 Å². The summed E-state index contributed by atoms with van der Waals surface area (Å²) in [6.07, 6.45) is 1.86. The molecule has 1 N–H and O–H groups in total. The van der Waals surface area contributed by atoms with Crippen LogP contribution in [-0.2, 0) is 11.3 Å². The van der Waals surface area contributed by atoms with Crippen LogP contribution in [0.5, 0.6) is 0 Å². The van der Waals surface area contributed by atoms with Crippen molar-refractivity contribution in [3.05, 3.63) is 21.9 Å². The average molecular weight is 395 g/mol. The second kappa shape index (κ2) is 6.77. The first-order valence-electron chi connectivity index (χ1n) is 8.39. The molecule has 1 aliphatic rings. The van der Waals surface area contributed by atoms with Gasteiger partial charge in [0.25, 0.3) is 0 Å². The lowest BCUT2D eigenvalue weighted by Gasteiger charge is -2.37. The summed E-state index contributed by atoms with van der Waals surface area (Å²) < 4.78 is 11.3. The van der Waals surface area contributed by atoms with Gasteiger partial charge in [-0.3, -0.25) is 0 Å². The van der Waals surface area contributed by atoms with E-state index in [1.807, 2.05) is 20.8 Å². The summed E-state index contributed by atoms with van der Waals surface area (Å²) in [7, 11) is 0. The summed E-state index contributed by atoms with van der Waals surface area (Å²) in [6.45, 7) is 7.06. The van der Waals surface area contributed by atoms with Crippen LogP contribution in [0, 0.1) is 6.92 Å². The summed E-state index contributed by atoms with van der Waals surface area (Å²) in [5, 5.41) is 15.4. The largest absolute Gasteiger partial charge is 0.390 e. The number of pyridine rings is 1. The Morgan fingerprint density at radius 1 is 1.35 bits per heavy atom. The van der Waals surface area contributed by atoms with Gasteiger partial charge in [-0.15, -0.1) is 11.3 Å². The molecule has 1 fully saturated rings. The molecule has 3 aromatic rings. The topological polar surface area (TPSA) is 84.5 Å². The first-order chi connectivity index (χ1) is 12.5. The molecule has 1 saturated heterocycles. The predicted molar refractivity (Wildman–Crippen MR) is 101 cm³/mol. The molecular formula is C17H19ClN4O3S. The average Bonchev–Trinajstić information content (AvgIpc) is 3.19. The van der Waals surface area contributed by atoms with Crippen LogP contribution in [0.15, 0.2) is 10.7 Å². The molecule has 0 spiro atoms. The van der Waals surface area contributed by atoms with Crippen molar-refractivity contribution in [3.63, 3.8) is 0 Å². The number of rotatable bonds is 3. The lowest BCUT2D eigenvalue weighted by molar-refractivity contribution is -0.00533. The number of hydrogen-bond acceptors (Lipinski definition) is 8. The van der Waals surface area contributed by atoms with E-state index in [2.05, 4.69) is 20.0 Å². The molecule has 7 nitrogen and oxygen atoms in total. The zero-order valence-corrected chi connectivity index (χ0v) is 16.3. The van der Waals surface area contributed by atoms with Crippen molar-refractivity contribution in [3.8, 4) is 10.6 Å². The predicted octanol–water partition coefficient (Wildman–Crippen LogP) is 3.41. The molecule has 4 rings (SSSR count). The highest BCUT2D eigenvalue weighted by molar-refractivity contribution is 7.15. The van der Waals surface area contributed by atoms with E-state index in [-0.39, 0.29) is 18.8 Å². The maximum absolute atomic E-state index is 9.93. The number of anilines is 1. The van der Waals surface area contributed by atoms with Crippen LogP contribution in [0.25, 0.3) is 21.7 Å². The van der Waals surface area contributed by atoms with Gasteiger partial charge in [0.15, 0.2) is 5.69 Å². The maximum Gasteiger partial charge on any atom is 0.206 e. The molecule has 9 heteroatoms. The normalized spacial score (nSPS) is 20.9. The van der Waals surface area contributed by atoms with Crippen LogP contribution in [0.1, 0.15) is 24.5 Å². The molecule has 138 valence electrons. The van der Waals surface area contributed by atoms with E-state index >= 15 is 0 Å². The highest BCUT2D eigenvalue weighted by Gasteiger charge is 2.29. The van der Waals surface area contributed by atoms with Crippen molar-refractivity contribution in [1.29, 1.82) is 0 Å². The van der Waals surface area contributed by atoms with Crippen molar-refractivity contribution in [1.82, 2.24) is 15.1 Å². The van der Waals surface area contributed by atoms with Gasteiger partial charge in [0.1, 0.15) is 10.5 Å². The van der Waals surface area contributed by atoms with Crippen LogP contribution >= 0.6 is 22.9 Å². The lowest BCUT2D eigenvalue weighted by Crippen LogP contribution is -2.46. The smallest absolute Gasteiger partial charge is 0.206 e. The Morgan fingerprint density at radius 2 is 2.08 bits per heavy atom. The van der Waals surface area contributed by atoms with E-state index in [1.54, 1.807) is 6.20 Å². The molecule has 0 saturated carbocycles. The minimum atomic E-state index is -0.225.